The second kappa shape index (κ2) is 10.2. The molecule has 27 heavy (non-hydrogen) atoms. The van der Waals surface area contributed by atoms with E-state index in [0.29, 0.717) is 23.7 Å². The molecule has 1 aromatic carbocycles. The molecule has 0 spiro atoms. The summed E-state index contributed by atoms with van der Waals surface area (Å²) >= 11 is 0. The highest BCUT2D eigenvalue weighted by Gasteiger charge is 2.12. The molecule has 0 unspecified atom stereocenters. The van der Waals surface area contributed by atoms with Crippen molar-refractivity contribution in [2.24, 2.45) is 0 Å². The van der Waals surface area contributed by atoms with E-state index in [-0.39, 0.29) is 6.42 Å². The maximum absolute atomic E-state index is 10.6. The predicted octanol–water partition coefficient (Wildman–Crippen LogP) is 3.43. The number of nitrogens with zero attached hydrogens (tertiary/aromatic N) is 1. The van der Waals surface area contributed by atoms with Gasteiger partial charge < -0.3 is 19.3 Å². The summed E-state index contributed by atoms with van der Waals surface area (Å²) in [6.45, 7) is 0.767. The second-order valence-electron chi connectivity index (χ2n) is 5.96. The van der Waals surface area contributed by atoms with Crippen LogP contribution in [-0.2, 0) is 11.3 Å². The number of hydrogen-bond acceptors (Lipinski definition) is 4. The number of pyridine rings is 1. The highest BCUT2D eigenvalue weighted by Crippen LogP contribution is 2.38. The Morgan fingerprint density at radius 3 is 2.33 bits per heavy atom. The van der Waals surface area contributed by atoms with Gasteiger partial charge in [0.25, 0.3) is 0 Å². The van der Waals surface area contributed by atoms with Crippen LogP contribution in [0, 0.1) is 0 Å². The Morgan fingerprint density at radius 1 is 1.04 bits per heavy atom. The fraction of sp³-hybridized carbons (Fsp3) is 0.333. The van der Waals surface area contributed by atoms with Crippen molar-refractivity contribution in [1.29, 1.82) is 0 Å². The van der Waals surface area contributed by atoms with E-state index in [9.17, 15) is 4.79 Å². The van der Waals surface area contributed by atoms with Crippen LogP contribution < -0.4 is 18.8 Å². The number of rotatable bonds is 10. The normalized spacial score (nSPS) is 10.8. The zero-order chi connectivity index (χ0) is 19.6. The molecule has 0 bridgehead atoms. The monoisotopic (exact) mass is 372 g/mol. The zero-order valence-corrected chi connectivity index (χ0v) is 16.0. The minimum atomic E-state index is -0.754. The minimum absolute atomic E-state index is 0.198. The van der Waals surface area contributed by atoms with Crippen molar-refractivity contribution in [2.75, 3.05) is 21.3 Å². The lowest BCUT2D eigenvalue weighted by Gasteiger charge is -2.12. The van der Waals surface area contributed by atoms with Crippen molar-refractivity contribution >= 4 is 18.1 Å². The molecule has 0 saturated heterocycles. The summed E-state index contributed by atoms with van der Waals surface area (Å²) in [4.78, 5) is 10.6. The molecule has 0 amide bonds. The Labute approximate surface area is 159 Å². The first kappa shape index (κ1) is 20.3. The Balaban J connectivity index is 2.19. The molecule has 0 aliphatic rings. The van der Waals surface area contributed by atoms with E-state index in [2.05, 4.69) is 4.57 Å². The largest absolute Gasteiger partial charge is 0.493 e. The molecule has 6 nitrogen and oxygen atoms in total. The second-order valence-corrected chi connectivity index (χ2v) is 5.96. The average Bonchev–Trinajstić information content (AvgIpc) is 2.69. The molecule has 0 fully saturated rings. The van der Waals surface area contributed by atoms with Crippen molar-refractivity contribution in [1.82, 2.24) is 0 Å². The molecular formula is C21H26NO5+. The maximum atomic E-state index is 10.6. The quantitative estimate of drug-likeness (QED) is 0.511. The standard InChI is InChI=1S/C21H25NO5/c1-25-18-14-16(15-19(26-2)21(18)27-3)10-11-17-8-4-6-12-22(17)13-7-5-9-20(23)24/h4,6,8,10-12,14-15H,5,7,9,13H2,1-3H3/p+1/b11-10+. The van der Waals surface area contributed by atoms with E-state index >= 15 is 0 Å². The van der Waals surface area contributed by atoms with Gasteiger partial charge in [0.15, 0.2) is 17.7 Å². The lowest BCUT2D eigenvalue weighted by atomic mass is 10.1. The molecule has 0 atom stereocenters. The number of hydrogen-bond donors (Lipinski definition) is 1. The minimum Gasteiger partial charge on any atom is -0.493 e. The number of carbonyl (C=O) groups is 1. The molecule has 0 saturated carbocycles. The molecule has 2 aromatic rings. The molecule has 0 aliphatic heterocycles. The zero-order valence-electron chi connectivity index (χ0n) is 16.0. The van der Waals surface area contributed by atoms with Gasteiger partial charge in [-0.05, 0) is 36.3 Å². The number of carboxylic acid groups (broad SMARTS) is 1. The number of carboxylic acids is 1. The molecule has 1 aromatic heterocycles. The van der Waals surface area contributed by atoms with Crippen LogP contribution in [0.5, 0.6) is 17.2 Å². The number of aromatic nitrogens is 1. The summed E-state index contributed by atoms with van der Waals surface area (Å²) in [6.07, 6.45) is 7.66. The van der Waals surface area contributed by atoms with Crippen LogP contribution >= 0.6 is 0 Å². The van der Waals surface area contributed by atoms with Gasteiger partial charge in [0.2, 0.25) is 11.4 Å². The summed E-state index contributed by atoms with van der Waals surface area (Å²) < 4.78 is 18.2. The Bertz CT molecular complexity index is 776. The van der Waals surface area contributed by atoms with Crippen molar-refractivity contribution < 1.29 is 28.7 Å². The van der Waals surface area contributed by atoms with Crippen LogP contribution in [0.25, 0.3) is 12.2 Å². The molecule has 144 valence electrons. The number of benzene rings is 1. The summed E-state index contributed by atoms with van der Waals surface area (Å²) in [5, 5.41) is 8.75. The number of ether oxygens (including phenoxy) is 3. The summed E-state index contributed by atoms with van der Waals surface area (Å²) in [7, 11) is 4.76. The average molecular weight is 372 g/mol. The highest BCUT2D eigenvalue weighted by molar-refractivity contribution is 5.71. The van der Waals surface area contributed by atoms with Crippen molar-refractivity contribution in [2.45, 2.75) is 25.8 Å². The van der Waals surface area contributed by atoms with Gasteiger partial charge in [0.1, 0.15) is 6.54 Å². The van der Waals surface area contributed by atoms with Crippen molar-refractivity contribution in [3.8, 4) is 17.2 Å². The Hall–Kier alpha value is -3.02. The lowest BCUT2D eigenvalue weighted by Crippen LogP contribution is -2.36. The first-order valence-corrected chi connectivity index (χ1v) is 8.77. The van der Waals surface area contributed by atoms with Gasteiger partial charge >= 0.3 is 5.97 Å². The van der Waals surface area contributed by atoms with Crippen molar-refractivity contribution in [3.05, 3.63) is 47.8 Å². The summed E-state index contributed by atoms with van der Waals surface area (Å²) in [5.41, 5.74) is 1.95. The van der Waals surface area contributed by atoms with E-state index in [1.54, 1.807) is 21.3 Å². The third kappa shape index (κ3) is 5.74. The molecule has 1 N–H and O–H groups in total. The van der Waals surface area contributed by atoms with Crippen LogP contribution in [0.2, 0.25) is 0 Å². The number of unbranched alkanes of at least 4 members (excludes halogenated alkanes) is 1. The lowest BCUT2D eigenvalue weighted by molar-refractivity contribution is -0.699. The Morgan fingerprint density at radius 2 is 1.74 bits per heavy atom. The molecule has 2 rings (SSSR count). The van der Waals surface area contributed by atoms with E-state index in [0.717, 1.165) is 24.2 Å². The topological polar surface area (TPSA) is 68.9 Å². The third-order valence-electron chi connectivity index (χ3n) is 4.15. The molecule has 6 heteroatoms. The van der Waals surface area contributed by atoms with E-state index < -0.39 is 5.97 Å². The van der Waals surface area contributed by atoms with Crippen LogP contribution in [0.3, 0.4) is 0 Å². The smallest absolute Gasteiger partial charge is 0.303 e. The molecular weight excluding hydrogens is 346 g/mol. The van der Waals surface area contributed by atoms with Crippen LogP contribution in [0.4, 0.5) is 0 Å². The maximum Gasteiger partial charge on any atom is 0.303 e. The predicted molar refractivity (Wildman–Crippen MR) is 103 cm³/mol. The summed E-state index contributed by atoms with van der Waals surface area (Å²) in [6, 6.07) is 9.73. The molecule has 0 radical (unpaired) electrons. The molecule has 0 aliphatic carbocycles. The number of methoxy groups -OCH3 is 3. The van der Waals surface area contributed by atoms with Gasteiger partial charge in [0.05, 0.1) is 21.3 Å². The molecule has 1 heterocycles. The fourth-order valence-corrected chi connectivity index (χ4v) is 2.78. The van der Waals surface area contributed by atoms with E-state index in [1.165, 1.54) is 0 Å². The van der Waals surface area contributed by atoms with Gasteiger partial charge in [-0.2, -0.15) is 4.57 Å². The first-order chi connectivity index (χ1) is 13.1. The SMILES string of the molecule is COc1cc(/C=C/c2cccc[n+]2CCCCC(=O)O)cc(OC)c1OC. The van der Waals surface area contributed by atoms with Crippen LogP contribution in [0.15, 0.2) is 36.5 Å². The highest BCUT2D eigenvalue weighted by atomic mass is 16.5. The van der Waals surface area contributed by atoms with Crippen LogP contribution in [0.1, 0.15) is 30.5 Å². The fourth-order valence-electron chi connectivity index (χ4n) is 2.78. The Kier molecular flexibility index (Phi) is 7.67. The van der Waals surface area contributed by atoms with Crippen molar-refractivity contribution in [3.63, 3.8) is 0 Å². The number of aliphatic carboxylic acids is 1. The van der Waals surface area contributed by atoms with E-state index in [1.807, 2.05) is 48.7 Å². The van der Waals surface area contributed by atoms with Gasteiger partial charge in [-0.1, -0.05) is 0 Å². The van der Waals surface area contributed by atoms with Gasteiger partial charge in [0, 0.05) is 31.1 Å². The van der Waals surface area contributed by atoms with Crippen LogP contribution in [-0.4, -0.2) is 32.4 Å². The van der Waals surface area contributed by atoms with Gasteiger partial charge in [-0.25, -0.2) is 0 Å². The van der Waals surface area contributed by atoms with Gasteiger partial charge in [-0.3, -0.25) is 4.79 Å². The number of aryl methyl sites for hydroxylation is 1. The van der Waals surface area contributed by atoms with Gasteiger partial charge in [-0.15, -0.1) is 0 Å². The first-order valence-electron chi connectivity index (χ1n) is 8.77. The summed E-state index contributed by atoms with van der Waals surface area (Å²) in [5.74, 6) is 1.01. The van der Waals surface area contributed by atoms with E-state index in [4.69, 9.17) is 19.3 Å². The third-order valence-corrected chi connectivity index (χ3v) is 4.15.